The van der Waals surface area contributed by atoms with E-state index in [0.717, 1.165) is 11.3 Å². The zero-order chi connectivity index (χ0) is 11.5. The van der Waals surface area contributed by atoms with E-state index in [2.05, 4.69) is 5.32 Å². The van der Waals surface area contributed by atoms with Gasteiger partial charge < -0.3 is 4.74 Å². The number of carbonyl (C=O) groups excluding carboxylic acids is 1. The van der Waals surface area contributed by atoms with Gasteiger partial charge in [0.15, 0.2) is 0 Å². The van der Waals surface area contributed by atoms with Crippen LogP contribution in [0.1, 0.15) is 10.9 Å². The molecule has 0 aliphatic carbocycles. The van der Waals surface area contributed by atoms with Crippen molar-refractivity contribution in [3.8, 4) is 0 Å². The summed E-state index contributed by atoms with van der Waals surface area (Å²) in [6, 6.07) is 7.43. The van der Waals surface area contributed by atoms with Gasteiger partial charge in [-0.2, -0.15) is 0 Å². The molecule has 1 fully saturated rings. The number of carbonyl (C=O) groups is 1. The summed E-state index contributed by atoms with van der Waals surface area (Å²) in [5.41, 5.74) is 1.09. The fraction of sp³-hybridized carbons (Fsp3) is 0.364. The highest BCUT2D eigenvalue weighted by Crippen LogP contribution is 2.33. The summed E-state index contributed by atoms with van der Waals surface area (Å²) in [4.78, 5) is 11.3. The maximum Gasteiger partial charge on any atom is 0.323 e. The lowest BCUT2D eigenvalue weighted by atomic mass is 10.2. The number of hydrogen-bond donors (Lipinski definition) is 1. The predicted octanol–water partition coefficient (Wildman–Crippen LogP) is 2.22. The molecular weight excluding hydrogens is 246 g/mol. The lowest BCUT2D eigenvalue weighted by Crippen LogP contribution is -2.34. The summed E-state index contributed by atoms with van der Waals surface area (Å²) in [6.45, 7) is 0. The number of hydrogen-bond acceptors (Lipinski definition) is 4. The second kappa shape index (κ2) is 5.08. The van der Waals surface area contributed by atoms with Crippen molar-refractivity contribution in [1.29, 1.82) is 0 Å². The molecule has 1 aliphatic heterocycles. The van der Waals surface area contributed by atoms with Crippen molar-refractivity contribution in [2.45, 2.75) is 11.4 Å². The SMILES string of the molecule is COC(=O)C1CSC(c2cccc(Cl)c2)N1. The molecule has 0 amide bonds. The van der Waals surface area contributed by atoms with E-state index in [1.54, 1.807) is 11.8 Å². The van der Waals surface area contributed by atoms with E-state index >= 15 is 0 Å². The van der Waals surface area contributed by atoms with Gasteiger partial charge in [-0.05, 0) is 17.7 Å². The van der Waals surface area contributed by atoms with Gasteiger partial charge in [0.05, 0.1) is 12.5 Å². The van der Waals surface area contributed by atoms with Gasteiger partial charge in [-0.1, -0.05) is 23.7 Å². The molecule has 2 rings (SSSR count). The molecule has 0 saturated carbocycles. The molecule has 0 radical (unpaired) electrons. The molecule has 86 valence electrons. The molecule has 2 atom stereocenters. The highest BCUT2D eigenvalue weighted by Gasteiger charge is 2.31. The Bertz CT molecular complexity index is 399. The fourth-order valence-electron chi connectivity index (χ4n) is 1.61. The van der Waals surface area contributed by atoms with Crippen molar-refractivity contribution in [3.63, 3.8) is 0 Å². The van der Waals surface area contributed by atoms with Gasteiger partial charge in [0.1, 0.15) is 6.04 Å². The van der Waals surface area contributed by atoms with E-state index in [1.807, 2.05) is 24.3 Å². The molecule has 1 saturated heterocycles. The fourth-order valence-corrected chi connectivity index (χ4v) is 3.03. The van der Waals surface area contributed by atoms with Gasteiger partial charge >= 0.3 is 5.97 Å². The topological polar surface area (TPSA) is 38.3 Å². The van der Waals surface area contributed by atoms with E-state index in [4.69, 9.17) is 16.3 Å². The van der Waals surface area contributed by atoms with Gasteiger partial charge in [0.2, 0.25) is 0 Å². The van der Waals surface area contributed by atoms with Crippen LogP contribution in [0.15, 0.2) is 24.3 Å². The maximum atomic E-state index is 11.3. The molecule has 2 unspecified atom stereocenters. The van der Waals surface area contributed by atoms with Crippen molar-refractivity contribution < 1.29 is 9.53 Å². The summed E-state index contributed by atoms with van der Waals surface area (Å²) >= 11 is 7.61. The molecule has 3 nitrogen and oxygen atoms in total. The van der Waals surface area contributed by atoms with Crippen molar-refractivity contribution in [2.24, 2.45) is 0 Å². The first kappa shape index (κ1) is 11.8. The number of benzene rings is 1. The van der Waals surface area contributed by atoms with E-state index < -0.39 is 0 Å². The number of methoxy groups -OCH3 is 1. The monoisotopic (exact) mass is 257 g/mol. The molecule has 1 aromatic rings. The van der Waals surface area contributed by atoms with E-state index in [9.17, 15) is 4.79 Å². The minimum absolute atomic E-state index is 0.114. The Kier molecular flexibility index (Phi) is 3.74. The van der Waals surface area contributed by atoms with Gasteiger partial charge in [0.25, 0.3) is 0 Å². The number of rotatable bonds is 2. The third-order valence-electron chi connectivity index (χ3n) is 2.42. The first-order valence-electron chi connectivity index (χ1n) is 4.91. The summed E-state index contributed by atoms with van der Waals surface area (Å²) in [6.07, 6.45) is 0. The van der Waals surface area contributed by atoms with Crippen LogP contribution < -0.4 is 5.32 Å². The standard InChI is InChI=1S/C11H12ClNO2S/c1-15-11(14)9-6-16-10(13-9)7-3-2-4-8(12)5-7/h2-5,9-10,13H,6H2,1H3. The first-order valence-corrected chi connectivity index (χ1v) is 6.34. The minimum Gasteiger partial charge on any atom is -0.468 e. The van der Waals surface area contributed by atoms with Crippen LogP contribution in [-0.2, 0) is 9.53 Å². The second-order valence-electron chi connectivity index (χ2n) is 3.51. The molecule has 1 heterocycles. The normalized spacial score (nSPS) is 24.4. The van der Waals surface area contributed by atoms with Crippen molar-refractivity contribution >= 4 is 29.3 Å². The summed E-state index contributed by atoms with van der Waals surface area (Å²) in [5.74, 6) is 0.515. The molecular formula is C11H12ClNO2S. The van der Waals surface area contributed by atoms with Crippen LogP contribution >= 0.6 is 23.4 Å². The number of ether oxygens (including phenoxy) is 1. The largest absolute Gasteiger partial charge is 0.468 e. The van der Waals surface area contributed by atoms with Crippen LogP contribution in [0, 0.1) is 0 Å². The van der Waals surface area contributed by atoms with Crippen molar-refractivity contribution in [2.75, 3.05) is 12.9 Å². The predicted molar refractivity (Wildman–Crippen MR) is 65.6 cm³/mol. The van der Waals surface area contributed by atoms with Crippen LogP contribution in [0.3, 0.4) is 0 Å². The van der Waals surface area contributed by atoms with Crippen LogP contribution in [0.5, 0.6) is 0 Å². The molecule has 0 bridgehead atoms. The summed E-state index contributed by atoms with van der Waals surface area (Å²) in [7, 11) is 1.40. The number of nitrogens with one attached hydrogen (secondary N) is 1. The number of thioether (sulfide) groups is 1. The molecule has 1 aromatic carbocycles. The zero-order valence-corrected chi connectivity index (χ0v) is 10.3. The Morgan fingerprint density at radius 1 is 1.62 bits per heavy atom. The van der Waals surface area contributed by atoms with Crippen molar-refractivity contribution in [1.82, 2.24) is 5.32 Å². The quantitative estimate of drug-likeness (QED) is 0.825. The number of esters is 1. The lowest BCUT2D eigenvalue weighted by Gasteiger charge is -2.12. The van der Waals surface area contributed by atoms with Crippen molar-refractivity contribution in [3.05, 3.63) is 34.9 Å². The third kappa shape index (κ3) is 2.51. The minimum atomic E-state index is -0.223. The average molecular weight is 258 g/mol. The Morgan fingerprint density at radius 2 is 2.44 bits per heavy atom. The van der Waals surface area contributed by atoms with E-state index in [0.29, 0.717) is 5.02 Å². The highest BCUT2D eigenvalue weighted by atomic mass is 35.5. The van der Waals surface area contributed by atoms with E-state index in [-0.39, 0.29) is 17.4 Å². The van der Waals surface area contributed by atoms with Gasteiger partial charge in [-0.3, -0.25) is 10.1 Å². The summed E-state index contributed by atoms with van der Waals surface area (Å²) < 4.78 is 4.70. The molecule has 0 aromatic heterocycles. The van der Waals surface area contributed by atoms with Gasteiger partial charge in [-0.25, -0.2) is 0 Å². The molecule has 0 spiro atoms. The van der Waals surface area contributed by atoms with Crippen LogP contribution in [0.25, 0.3) is 0 Å². The van der Waals surface area contributed by atoms with Gasteiger partial charge in [-0.15, -0.1) is 11.8 Å². The van der Waals surface area contributed by atoms with Crippen LogP contribution in [0.2, 0.25) is 5.02 Å². The summed E-state index contributed by atoms with van der Waals surface area (Å²) in [5, 5.41) is 4.04. The highest BCUT2D eigenvalue weighted by molar-refractivity contribution is 7.99. The molecule has 5 heteroatoms. The van der Waals surface area contributed by atoms with Crippen LogP contribution in [0.4, 0.5) is 0 Å². The number of halogens is 1. The Hall–Kier alpha value is -0.710. The second-order valence-corrected chi connectivity index (χ2v) is 5.09. The Morgan fingerprint density at radius 3 is 3.12 bits per heavy atom. The maximum absolute atomic E-state index is 11.3. The Labute approximate surface area is 104 Å². The Balaban J connectivity index is 2.06. The molecule has 16 heavy (non-hydrogen) atoms. The van der Waals surface area contributed by atoms with Gasteiger partial charge in [0, 0.05) is 10.8 Å². The smallest absolute Gasteiger partial charge is 0.323 e. The lowest BCUT2D eigenvalue weighted by molar-refractivity contribution is -0.142. The molecule has 1 aliphatic rings. The zero-order valence-electron chi connectivity index (χ0n) is 8.77. The molecule has 1 N–H and O–H groups in total. The van der Waals surface area contributed by atoms with Crippen LogP contribution in [-0.4, -0.2) is 24.9 Å². The third-order valence-corrected chi connectivity index (χ3v) is 3.92. The van der Waals surface area contributed by atoms with E-state index in [1.165, 1.54) is 7.11 Å². The first-order chi connectivity index (χ1) is 7.70. The average Bonchev–Trinajstić information content (AvgIpc) is 2.77.